The van der Waals surface area contributed by atoms with Crippen molar-refractivity contribution in [1.29, 1.82) is 0 Å². The van der Waals surface area contributed by atoms with E-state index in [2.05, 4.69) is 20.3 Å². The molecule has 3 aromatic carbocycles. The van der Waals surface area contributed by atoms with Gasteiger partial charge in [0, 0.05) is 43.8 Å². The van der Waals surface area contributed by atoms with Gasteiger partial charge in [-0.2, -0.15) is 15.0 Å². The molecular formula is C31H31ClN6O4. The van der Waals surface area contributed by atoms with Crippen LogP contribution in [0.1, 0.15) is 28.1 Å². The van der Waals surface area contributed by atoms with E-state index in [0.717, 1.165) is 16.8 Å². The van der Waals surface area contributed by atoms with Crippen molar-refractivity contribution in [2.24, 2.45) is 0 Å². The average molecular weight is 587 g/mol. The molecule has 2 heterocycles. The Kier molecular flexibility index (Phi) is 10.3. The summed E-state index contributed by atoms with van der Waals surface area (Å²) in [5.74, 6) is 1.45. The van der Waals surface area contributed by atoms with Gasteiger partial charge in [0.25, 0.3) is 5.69 Å². The molecule has 0 saturated carbocycles. The van der Waals surface area contributed by atoms with E-state index in [0.29, 0.717) is 62.4 Å². The maximum Gasteiger partial charge on any atom is 0.270 e. The number of anilines is 3. The number of hydrogen-bond donors (Lipinski definition) is 1. The molecule has 1 aliphatic heterocycles. The normalized spacial score (nSPS) is 13.0. The molecule has 0 radical (unpaired) electrons. The summed E-state index contributed by atoms with van der Waals surface area (Å²) in [4.78, 5) is 39.1. The van der Waals surface area contributed by atoms with E-state index in [-0.39, 0.29) is 23.9 Å². The van der Waals surface area contributed by atoms with Gasteiger partial charge in [-0.1, -0.05) is 60.2 Å². The Morgan fingerprint density at radius 3 is 2.29 bits per heavy atom. The number of ketones is 1. The van der Waals surface area contributed by atoms with Crippen LogP contribution >= 0.6 is 12.4 Å². The van der Waals surface area contributed by atoms with Gasteiger partial charge in [0.15, 0.2) is 5.82 Å². The number of nitrogens with one attached hydrogen (secondary N) is 1. The lowest BCUT2D eigenvalue weighted by molar-refractivity contribution is -0.384. The Hall–Kier alpha value is -4.67. The number of aryl methyl sites for hydroxylation is 1. The average Bonchev–Trinajstić information content (AvgIpc) is 2.99. The number of rotatable bonds is 10. The van der Waals surface area contributed by atoms with Crippen LogP contribution in [0.5, 0.6) is 0 Å². The number of nitro groups is 1. The van der Waals surface area contributed by atoms with Crippen LogP contribution in [0.3, 0.4) is 0 Å². The SMILES string of the molecule is Cc1ccc(CC(=O)Cc2ccc(Nc3nc(/C=C/c4cccc([N+](=O)[O-])c4)nc(N4CCOCC4)n3)cc2)cc1.Cl. The number of morpholine rings is 1. The molecular weight excluding hydrogens is 556 g/mol. The summed E-state index contributed by atoms with van der Waals surface area (Å²) < 4.78 is 5.47. The molecule has 42 heavy (non-hydrogen) atoms. The second kappa shape index (κ2) is 14.3. The third-order valence-electron chi connectivity index (χ3n) is 6.57. The number of halogens is 1. The van der Waals surface area contributed by atoms with E-state index >= 15 is 0 Å². The highest BCUT2D eigenvalue weighted by Gasteiger charge is 2.16. The fraction of sp³-hybridized carbons (Fsp3) is 0.226. The van der Waals surface area contributed by atoms with Crippen LogP contribution in [-0.2, 0) is 22.4 Å². The maximum atomic E-state index is 12.6. The highest BCUT2D eigenvalue weighted by molar-refractivity contribution is 5.85. The number of carbonyl (C=O) groups is 1. The van der Waals surface area contributed by atoms with Gasteiger partial charge < -0.3 is 15.0 Å². The Bertz CT molecular complexity index is 1550. The summed E-state index contributed by atoms with van der Waals surface area (Å²) in [5.41, 5.74) is 4.56. The molecule has 4 aromatic rings. The molecule has 0 spiro atoms. The van der Waals surface area contributed by atoms with Crippen molar-refractivity contribution in [2.45, 2.75) is 19.8 Å². The molecule has 1 fully saturated rings. The van der Waals surface area contributed by atoms with E-state index in [9.17, 15) is 14.9 Å². The number of nitro benzene ring substituents is 1. The van der Waals surface area contributed by atoms with Crippen molar-refractivity contribution < 1.29 is 14.5 Å². The molecule has 1 aliphatic rings. The van der Waals surface area contributed by atoms with Crippen molar-refractivity contribution in [2.75, 3.05) is 36.5 Å². The number of hydrogen-bond acceptors (Lipinski definition) is 9. The van der Waals surface area contributed by atoms with E-state index in [1.165, 1.54) is 17.7 Å². The smallest absolute Gasteiger partial charge is 0.270 e. The molecule has 1 N–H and O–H groups in total. The molecule has 11 heteroatoms. The van der Waals surface area contributed by atoms with Gasteiger partial charge in [-0.05, 0) is 41.8 Å². The van der Waals surface area contributed by atoms with Crippen molar-refractivity contribution in [1.82, 2.24) is 15.0 Å². The lowest BCUT2D eigenvalue weighted by Gasteiger charge is -2.27. The molecule has 216 valence electrons. The van der Waals surface area contributed by atoms with E-state index < -0.39 is 4.92 Å². The molecule has 0 bridgehead atoms. The van der Waals surface area contributed by atoms with Gasteiger partial charge >= 0.3 is 0 Å². The van der Waals surface area contributed by atoms with Gasteiger partial charge in [0.2, 0.25) is 11.9 Å². The Labute approximate surface area is 250 Å². The minimum Gasteiger partial charge on any atom is -0.378 e. The van der Waals surface area contributed by atoms with Gasteiger partial charge in [0.05, 0.1) is 18.1 Å². The van der Waals surface area contributed by atoms with Crippen LogP contribution in [0.15, 0.2) is 72.8 Å². The van der Waals surface area contributed by atoms with Crippen molar-refractivity contribution in [3.8, 4) is 0 Å². The van der Waals surface area contributed by atoms with Gasteiger partial charge in [-0.3, -0.25) is 14.9 Å². The first-order chi connectivity index (χ1) is 19.9. The molecule has 10 nitrogen and oxygen atoms in total. The summed E-state index contributed by atoms with van der Waals surface area (Å²) >= 11 is 0. The molecule has 0 unspecified atom stereocenters. The predicted octanol–water partition coefficient (Wildman–Crippen LogP) is 5.61. The Morgan fingerprint density at radius 1 is 0.952 bits per heavy atom. The highest BCUT2D eigenvalue weighted by Crippen LogP contribution is 2.20. The third kappa shape index (κ3) is 8.42. The standard InChI is InChI=1S/C31H30N6O4.ClH/c1-22-5-7-24(8-6-22)20-28(38)21-25-9-12-26(13-10-25)32-30-33-29(34-31(35-30)36-15-17-41-18-16-36)14-11-23-3-2-4-27(19-23)37(39)40;/h2-14,19H,15-18,20-21H2,1H3,(H,32,33,34,35);1H/b14-11+;. The van der Waals surface area contributed by atoms with Crippen molar-refractivity contribution in [3.05, 3.63) is 111 Å². The zero-order chi connectivity index (χ0) is 28.6. The fourth-order valence-corrected chi connectivity index (χ4v) is 4.39. The molecule has 0 amide bonds. The largest absolute Gasteiger partial charge is 0.378 e. The number of aromatic nitrogens is 3. The van der Waals surface area contributed by atoms with Gasteiger partial charge in [-0.15, -0.1) is 12.4 Å². The van der Waals surface area contributed by atoms with Gasteiger partial charge in [0.1, 0.15) is 5.78 Å². The third-order valence-corrected chi connectivity index (χ3v) is 6.57. The summed E-state index contributed by atoms with van der Waals surface area (Å²) in [5, 5.41) is 14.4. The molecule has 0 atom stereocenters. The number of nitrogens with zero attached hydrogens (tertiary/aromatic N) is 5. The fourth-order valence-electron chi connectivity index (χ4n) is 4.39. The molecule has 1 saturated heterocycles. The molecule has 5 rings (SSSR count). The second-order valence-electron chi connectivity index (χ2n) is 9.80. The first-order valence-corrected chi connectivity index (χ1v) is 13.4. The number of ether oxygens (including phenoxy) is 1. The quantitative estimate of drug-likeness (QED) is 0.186. The first kappa shape index (κ1) is 30.3. The zero-order valence-corrected chi connectivity index (χ0v) is 23.9. The monoisotopic (exact) mass is 586 g/mol. The first-order valence-electron chi connectivity index (χ1n) is 13.4. The number of carbonyl (C=O) groups excluding carboxylic acids is 1. The lowest BCUT2D eigenvalue weighted by atomic mass is 10.0. The van der Waals surface area contributed by atoms with Crippen LogP contribution in [0.4, 0.5) is 23.3 Å². The van der Waals surface area contributed by atoms with Crippen LogP contribution in [0, 0.1) is 17.0 Å². The number of benzene rings is 3. The van der Waals surface area contributed by atoms with Crippen LogP contribution < -0.4 is 10.2 Å². The summed E-state index contributed by atoms with van der Waals surface area (Å²) in [6, 6.07) is 22.0. The number of Topliss-reactive ketones (excluding diaryl/α,β-unsaturated/α-hetero) is 1. The van der Waals surface area contributed by atoms with Crippen LogP contribution in [-0.4, -0.2) is 52.0 Å². The second-order valence-corrected chi connectivity index (χ2v) is 9.80. The number of non-ortho nitro benzene ring substituents is 1. The van der Waals surface area contributed by atoms with Crippen molar-refractivity contribution >= 4 is 53.6 Å². The maximum absolute atomic E-state index is 12.6. The summed E-state index contributed by atoms with van der Waals surface area (Å²) in [7, 11) is 0. The molecule has 0 aliphatic carbocycles. The molecule has 1 aromatic heterocycles. The lowest BCUT2D eigenvalue weighted by Crippen LogP contribution is -2.37. The Morgan fingerprint density at radius 2 is 1.62 bits per heavy atom. The van der Waals surface area contributed by atoms with Crippen LogP contribution in [0.2, 0.25) is 0 Å². The van der Waals surface area contributed by atoms with Gasteiger partial charge in [-0.25, -0.2) is 0 Å². The van der Waals surface area contributed by atoms with E-state index in [4.69, 9.17) is 4.74 Å². The Balaban J connectivity index is 0.00000405. The van der Waals surface area contributed by atoms with E-state index in [1.807, 2.05) is 60.4 Å². The van der Waals surface area contributed by atoms with Crippen LogP contribution in [0.25, 0.3) is 12.2 Å². The summed E-state index contributed by atoms with van der Waals surface area (Å²) in [6.45, 7) is 4.50. The minimum atomic E-state index is -0.427. The van der Waals surface area contributed by atoms with E-state index in [1.54, 1.807) is 24.3 Å². The predicted molar refractivity (Wildman–Crippen MR) is 165 cm³/mol. The minimum absolute atomic E-state index is 0. The van der Waals surface area contributed by atoms with Crippen molar-refractivity contribution in [3.63, 3.8) is 0 Å². The zero-order valence-electron chi connectivity index (χ0n) is 23.1. The topological polar surface area (TPSA) is 123 Å². The highest BCUT2D eigenvalue weighted by atomic mass is 35.5. The summed E-state index contributed by atoms with van der Waals surface area (Å²) in [6.07, 6.45) is 4.20.